The van der Waals surface area contributed by atoms with Crippen LogP contribution >= 0.6 is 10.8 Å². The lowest BCUT2D eigenvalue weighted by Gasteiger charge is -2.54. The monoisotopic (exact) mass is 524 g/mol. The van der Waals surface area contributed by atoms with E-state index in [2.05, 4.69) is 17.1 Å². The van der Waals surface area contributed by atoms with E-state index in [1.54, 1.807) is 12.7 Å². The number of benzene rings is 2. The second kappa shape index (κ2) is 10.6. The van der Waals surface area contributed by atoms with Crippen LogP contribution in [-0.2, 0) is 21.5 Å². The van der Waals surface area contributed by atoms with Crippen LogP contribution in [0, 0.1) is 0 Å². The molecule has 2 fully saturated rings. The van der Waals surface area contributed by atoms with Gasteiger partial charge in [-0.2, -0.15) is 4.31 Å². The molecule has 1 aromatic heterocycles. The zero-order valence-corrected chi connectivity index (χ0v) is 22.3. The highest BCUT2D eigenvalue weighted by atomic mass is 32.3. The fourth-order valence-corrected chi connectivity index (χ4v) is 8.37. The largest absolute Gasteiger partial charge is 0.468 e. The Hall–Kier alpha value is -2.72. The molecule has 1 aliphatic carbocycles. The molecule has 0 spiro atoms. The molecule has 1 saturated heterocycles. The lowest BCUT2D eigenvalue weighted by Crippen LogP contribution is -2.42. The summed E-state index contributed by atoms with van der Waals surface area (Å²) in [6, 6.07) is 18.2. The van der Waals surface area contributed by atoms with Gasteiger partial charge in [0, 0.05) is 18.6 Å². The molecule has 0 unspecified atom stereocenters. The topological polar surface area (TPSA) is 101 Å². The summed E-state index contributed by atoms with van der Waals surface area (Å²) >= 11 is 0. The smallest absolute Gasteiger partial charge is 0.316 e. The fourth-order valence-electron chi connectivity index (χ4n) is 6.10. The molecule has 2 atom stereocenters. The zero-order chi connectivity index (χ0) is 26.0. The van der Waals surface area contributed by atoms with E-state index >= 15 is 0 Å². The molecule has 0 radical (unpaired) electrons. The van der Waals surface area contributed by atoms with Gasteiger partial charge >= 0.3 is 5.97 Å². The summed E-state index contributed by atoms with van der Waals surface area (Å²) < 4.78 is 31.9. The summed E-state index contributed by atoms with van der Waals surface area (Å²) in [4.78, 5) is 13.1. The maximum atomic E-state index is 13.1. The van der Waals surface area contributed by atoms with Crippen molar-refractivity contribution in [1.82, 2.24) is 19.1 Å². The van der Waals surface area contributed by atoms with Gasteiger partial charge in [-0.15, -0.1) is 21.0 Å². The minimum atomic E-state index is -3.01. The first-order valence-electron chi connectivity index (χ1n) is 13.0. The minimum absolute atomic E-state index is 0.0546. The van der Waals surface area contributed by atoms with Crippen LogP contribution in [0.4, 0.5) is 0 Å². The Kier molecular flexibility index (Phi) is 7.40. The molecule has 5 rings (SSSR count). The molecular formula is C28H36N4O4S. The first kappa shape index (κ1) is 25.9. The molecular weight excluding hydrogens is 488 g/mol. The van der Waals surface area contributed by atoms with Gasteiger partial charge in [-0.3, -0.25) is 13.9 Å². The number of hydrogen-bond acceptors (Lipinski definition) is 7. The van der Waals surface area contributed by atoms with Gasteiger partial charge in [0.15, 0.2) is 0 Å². The molecule has 1 aliphatic heterocycles. The molecule has 8 nitrogen and oxygen atoms in total. The van der Waals surface area contributed by atoms with Gasteiger partial charge in [0.1, 0.15) is 12.7 Å². The number of esters is 1. The highest BCUT2D eigenvalue weighted by Gasteiger charge is 2.45. The maximum absolute atomic E-state index is 13.1. The quantitative estimate of drug-likeness (QED) is 0.388. The van der Waals surface area contributed by atoms with Crippen molar-refractivity contribution in [3.05, 3.63) is 83.9 Å². The van der Waals surface area contributed by atoms with E-state index in [1.165, 1.54) is 7.11 Å². The minimum Gasteiger partial charge on any atom is -0.468 e. The molecule has 3 aromatic rings. The summed E-state index contributed by atoms with van der Waals surface area (Å²) in [6.45, 7) is 2.50. The van der Waals surface area contributed by atoms with Gasteiger partial charge in [-0.05, 0) is 62.1 Å². The van der Waals surface area contributed by atoms with Crippen molar-refractivity contribution in [1.29, 1.82) is 0 Å². The number of nitrogens with zero attached hydrogens (tertiary/aromatic N) is 4. The van der Waals surface area contributed by atoms with Crippen molar-refractivity contribution in [3.63, 3.8) is 0 Å². The predicted octanol–water partition coefficient (Wildman–Crippen LogP) is 5.90. The summed E-state index contributed by atoms with van der Waals surface area (Å²) in [5.74, 6) is -0.202. The molecule has 0 amide bonds. The third kappa shape index (κ3) is 4.93. The van der Waals surface area contributed by atoms with Crippen LogP contribution in [0.2, 0.25) is 0 Å². The molecule has 1 saturated carbocycles. The molecule has 37 heavy (non-hydrogen) atoms. The van der Waals surface area contributed by atoms with E-state index in [0.29, 0.717) is 19.4 Å². The summed E-state index contributed by atoms with van der Waals surface area (Å²) in [7, 11) is -1.55. The Bertz CT molecular complexity index is 1180. The Morgan fingerprint density at radius 1 is 1.00 bits per heavy atom. The van der Waals surface area contributed by atoms with Crippen LogP contribution in [0.15, 0.2) is 67.3 Å². The normalized spacial score (nSPS) is 28.9. The third-order valence-electron chi connectivity index (χ3n) is 8.32. The number of methoxy groups -OCH3 is 1. The van der Waals surface area contributed by atoms with Crippen molar-refractivity contribution >= 4 is 16.7 Å². The highest BCUT2D eigenvalue weighted by molar-refractivity contribution is 8.22. The third-order valence-corrected chi connectivity index (χ3v) is 10.8. The maximum Gasteiger partial charge on any atom is 0.316 e. The van der Waals surface area contributed by atoms with Crippen molar-refractivity contribution < 1.29 is 18.6 Å². The van der Waals surface area contributed by atoms with Gasteiger partial charge in [0.05, 0.1) is 17.8 Å². The second-order valence-electron chi connectivity index (χ2n) is 10.4. The number of carbonyl (C=O) groups excluding carboxylic acids is 1. The van der Waals surface area contributed by atoms with Crippen molar-refractivity contribution in [2.75, 3.05) is 7.11 Å². The van der Waals surface area contributed by atoms with E-state index in [0.717, 1.165) is 42.4 Å². The van der Waals surface area contributed by atoms with Crippen molar-refractivity contribution in [3.8, 4) is 0 Å². The first-order valence-corrected chi connectivity index (χ1v) is 14.5. The van der Waals surface area contributed by atoms with Gasteiger partial charge < -0.3 is 9.30 Å². The highest BCUT2D eigenvalue weighted by Crippen LogP contribution is 2.63. The number of carbonyl (C=O) groups is 1. The van der Waals surface area contributed by atoms with Crippen LogP contribution in [0.5, 0.6) is 0 Å². The van der Waals surface area contributed by atoms with Crippen molar-refractivity contribution in [2.45, 2.75) is 74.7 Å². The molecule has 2 heterocycles. The molecule has 2 aromatic carbocycles. The van der Waals surface area contributed by atoms with E-state index in [1.807, 2.05) is 63.5 Å². The Morgan fingerprint density at radius 2 is 1.65 bits per heavy atom. The van der Waals surface area contributed by atoms with Crippen LogP contribution in [0.1, 0.15) is 73.4 Å². The average molecular weight is 525 g/mol. The Balaban J connectivity index is 1.34. The number of rotatable bonds is 6. The van der Waals surface area contributed by atoms with E-state index < -0.39 is 16.2 Å². The fraction of sp³-hybridized carbons (Fsp3) is 0.464. The van der Waals surface area contributed by atoms with E-state index in [-0.39, 0.29) is 23.3 Å². The van der Waals surface area contributed by atoms with E-state index in [4.69, 9.17) is 4.74 Å². The van der Waals surface area contributed by atoms with E-state index in [9.17, 15) is 13.9 Å². The molecule has 2 aliphatic rings. The SMILES string of the molecule is COC(=O)C1(c2ccc(CN3[C@@H](C)CC[C@H](c4ccccc4)S3(O)O)cc2)CCC(n2cnnc2)CC1. The van der Waals surface area contributed by atoms with Crippen LogP contribution in [0.3, 0.4) is 0 Å². The van der Waals surface area contributed by atoms with Gasteiger partial charge in [-0.25, -0.2) is 0 Å². The second-order valence-corrected chi connectivity index (χ2v) is 12.5. The van der Waals surface area contributed by atoms with Crippen molar-refractivity contribution in [2.24, 2.45) is 0 Å². The van der Waals surface area contributed by atoms with Gasteiger partial charge in [0.25, 0.3) is 0 Å². The van der Waals surface area contributed by atoms with Crippen LogP contribution in [0.25, 0.3) is 0 Å². The number of aromatic nitrogens is 3. The average Bonchev–Trinajstić information content (AvgIpc) is 3.46. The van der Waals surface area contributed by atoms with Gasteiger partial charge in [0.2, 0.25) is 0 Å². The molecule has 2 N–H and O–H groups in total. The standard InChI is InChI=1S/C28H36N4O4S/c1-21-8-13-26(23-6-4-3-5-7-23)37(34,35)32(21)18-22-9-11-24(12-10-22)28(27(33)36-2)16-14-25(15-17-28)31-19-29-30-20-31/h3-7,9-12,19-21,25-26,34-35H,8,13-18H2,1-2H3/t21-,25?,26+,28?/m0/s1. The summed E-state index contributed by atoms with van der Waals surface area (Å²) in [6.07, 6.45) is 8.16. The summed E-state index contributed by atoms with van der Waals surface area (Å²) in [5, 5.41) is 7.54. The van der Waals surface area contributed by atoms with Crippen LogP contribution in [-0.4, -0.2) is 47.3 Å². The predicted molar refractivity (Wildman–Crippen MR) is 144 cm³/mol. The number of ether oxygens (including phenoxy) is 1. The van der Waals surface area contributed by atoms with Gasteiger partial charge in [-0.1, -0.05) is 54.6 Å². The number of hydrogen-bond donors (Lipinski definition) is 2. The molecule has 9 heteroatoms. The van der Waals surface area contributed by atoms with Crippen LogP contribution < -0.4 is 0 Å². The molecule has 0 bridgehead atoms. The lowest BCUT2D eigenvalue weighted by molar-refractivity contribution is -0.149. The Labute approximate surface area is 220 Å². The first-order chi connectivity index (χ1) is 17.8. The molecule has 198 valence electrons. The lowest BCUT2D eigenvalue weighted by atomic mass is 9.68. The Morgan fingerprint density at radius 3 is 2.27 bits per heavy atom. The zero-order valence-electron chi connectivity index (χ0n) is 21.4. The summed E-state index contributed by atoms with van der Waals surface area (Å²) in [5.41, 5.74) is 2.22.